The molecule has 0 saturated heterocycles. The number of hydrogen-bond acceptors (Lipinski definition) is 3. The van der Waals surface area contributed by atoms with E-state index < -0.39 is 10.9 Å². The van der Waals surface area contributed by atoms with Crippen LogP contribution in [0.1, 0.15) is 11.1 Å². The lowest BCUT2D eigenvalue weighted by Crippen LogP contribution is -2.32. The quantitative estimate of drug-likeness (QED) is 0.350. The van der Waals surface area contributed by atoms with E-state index in [2.05, 4.69) is 9.84 Å². The van der Waals surface area contributed by atoms with Crippen LogP contribution in [0.3, 0.4) is 0 Å². The summed E-state index contributed by atoms with van der Waals surface area (Å²) in [7, 11) is 0. The van der Waals surface area contributed by atoms with Crippen molar-refractivity contribution in [3.05, 3.63) is 64.7 Å². The molecule has 0 spiro atoms. The molecular weight excluding hydrogens is 369 g/mol. The minimum atomic E-state index is -3.69. The van der Waals surface area contributed by atoms with Gasteiger partial charge in [0.2, 0.25) is 4.84 Å². The van der Waals surface area contributed by atoms with Gasteiger partial charge in [-0.2, -0.15) is 13.9 Å². The molecule has 0 radical (unpaired) electrons. The van der Waals surface area contributed by atoms with Crippen LogP contribution in [0.4, 0.5) is 8.78 Å². The molecule has 0 aromatic heterocycles. The van der Waals surface area contributed by atoms with Gasteiger partial charge in [0.05, 0.1) is 5.71 Å². The van der Waals surface area contributed by atoms with Gasteiger partial charge in [-0.25, -0.2) is 0 Å². The Morgan fingerprint density at radius 3 is 1.91 bits per heavy atom. The first kappa shape index (κ1) is 17.8. The summed E-state index contributed by atoms with van der Waals surface area (Å²) >= 11 is 16.2. The number of nitrogens with zero attached hydrogens (tertiary/aromatic N) is 1. The Bertz CT molecular complexity index is 689. The predicted molar refractivity (Wildman–Crippen MR) is 88.8 cm³/mol. The molecule has 0 aliphatic rings. The highest BCUT2D eigenvalue weighted by Gasteiger charge is 2.40. The van der Waals surface area contributed by atoms with Gasteiger partial charge in [0.15, 0.2) is 0 Å². The largest absolute Gasteiger partial charge is 0.431 e. The average Bonchev–Trinajstić information content (AvgIpc) is 2.51. The molecule has 8 heteroatoms. The number of rotatable bonds is 5. The first-order chi connectivity index (χ1) is 10.8. The fourth-order valence-corrected chi connectivity index (χ4v) is 2.02. The summed E-state index contributed by atoms with van der Waals surface area (Å²) in [6, 6.07) is 12.7. The SMILES string of the molecule is NN=C(c1ccc(Cl)cc1)c1ccc(OC(F)(F)C(Cl)Cl)cc1. The number of ether oxygens (including phenoxy) is 1. The van der Waals surface area contributed by atoms with Crippen LogP contribution in [0.5, 0.6) is 5.75 Å². The second kappa shape index (κ2) is 7.34. The van der Waals surface area contributed by atoms with Crippen molar-refractivity contribution in [3.8, 4) is 5.75 Å². The molecular formula is C15H11Cl3F2N2O. The highest BCUT2D eigenvalue weighted by atomic mass is 35.5. The highest BCUT2D eigenvalue weighted by Crippen LogP contribution is 2.30. The lowest BCUT2D eigenvalue weighted by molar-refractivity contribution is -0.163. The highest BCUT2D eigenvalue weighted by molar-refractivity contribution is 6.44. The maximum atomic E-state index is 13.3. The van der Waals surface area contributed by atoms with Crippen LogP contribution in [0.25, 0.3) is 0 Å². The summed E-state index contributed by atoms with van der Waals surface area (Å²) < 4.78 is 31.1. The summed E-state index contributed by atoms with van der Waals surface area (Å²) in [4.78, 5) is -1.97. The lowest BCUT2D eigenvalue weighted by Gasteiger charge is -2.18. The van der Waals surface area contributed by atoms with Crippen molar-refractivity contribution >= 4 is 40.5 Å². The van der Waals surface area contributed by atoms with E-state index in [-0.39, 0.29) is 5.75 Å². The second-order valence-corrected chi connectivity index (χ2v) is 6.01. The van der Waals surface area contributed by atoms with Crippen LogP contribution >= 0.6 is 34.8 Å². The Balaban J connectivity index is 2.23. The van der Waals surface area contributed by atoms with Gasteiger partial charge >= 0.3 is 6.11 Å². The number of alkyl halides is 4. The Morgan fingerprint density at radius 2 is 1.48 bits per heavy atom. The molecule has 122 valence electrons. The maximum Gasteiger partial charge on any atom is 0.428 e. The van der Waals surface area contributed by atoms with Crippen LogP contribution in [-0.2, 0) is 0 Å². The fraction of sp³-hybridized carbons (Fsp3) is 0.133. The molecule has 0 heterocycles. The van der Waals surface area contributed by atoms with Crippen molar-refractivity contribution in [3.63, 3.8) is 0 Å². The van der Waals surface area contributed by atoms with Crippen molar-refractivity contribution < 1.29 is 13.5 Å². The maximum absolute atomic E-state index is 13.3. The fourth-order valence-electron chi connectivity index (χ4n) is 1.81. The zero-order valence-electron chi connectivity index (χ0n) is 11.5. The molecule has 2 N–H and O–H groups in total. The second-order valence-electron chi connectivity index (χ2n) is 4.47. The van der Waals surface area contributed by atoms with Gasteiger partial charge in [-0.15, -0.1) is 0 Å². The predicted octanol–water partition coefficient (Wildman–Crippen LogP) is 4.83. The van der Waals surface area contributed by atoms with Gasteiger partial charge in [-0.3, -0.25) is 0 Å². The zero-order valence-corrected chi connectivity index (χ0v) is 13.8. The van der Waals surface area contributed by atoms with Gasteiger partial charge in [-0.05, 0) is 36.4 Å². The third-order valence-electron chi connectivity index (χ3n) is 2.88. The van der Waals surface area contributed by atoms with Gasteiger partial charge in [0.1, 0.15) is 5.75 Å². The van der Waals surface area contributed by atoms with Crippen LogP contribution < -0.4 is 10.6 Å². The lowest BCUT2D eigenvalue weighted by atomic mass is 10.0. The molecule has 0 fully saturated rings. The molecule has 2 rings (SSSR count). The Kier molecular flexibility index (Phi) is 5.68. The van der Waals surface area contributed by atoms with Crippen LogP contribution in [0.2, 0.25) is 5.02 Å². The molecule has 2 aromatic carbocycles. The van der Waals surface area contributed by atoms with E-state index in [4.69, 9.17) is 40.6 Å². The zero-order chi connectivity index (χ0) is 17.0. The van der Waals surface area contributed by atoms with Crippen LogP contribution in [-0.4, -0.2) is 16.7 Å². The molecule has 23 heavy (non-hydrogen) atoms. The van der Waals surface area contributed by atoms with E-state index in [1.807, 2.05) is 0 Å². The van der Waals surface area contributed by atoms with Gasteiger partial charge in [0.25, 0.3) is 0 Å². The van der Waals surface area contributed by atoms with Crippen molar-refractivity contribution in [2.45, 2.75) is 10.9 Å². The normalized spacial score (nSPS) is 12.5. The molecule has 0 unspecified atom stereocenters. The number of benzene rings is 2. The number of hydrogen-bond donors (Lipinski definition) is 1. The van der Waals surface area contributed by atoms with E-state index in [0.29, 0.717) is 16.3 Å². The molecule has 0 aliphatic heterocycles. The van der Waals surface area contributed by atoms with Gasteiger partial charge < -0.3 is 10.6 Å². The topological polar surface area (TPSA) is 47.6 Å². The molecule has 0 amide bonds. The monoisotopic (exact) mass is 378 g/mol. The van der Waals surface area contributed by atoms with E-state index >= 15 is 0 Å². The smallest absolute Gasteiger partial charge is 0.428 e. The van der Waals surface area contributed by atoms with Crippen molar-refractivity contribution in [2.24, 2.45) is 10.9 Å². The van der Waals surface area contributed by atoms with E-state index in [9.17, 15) is 8.78 Å². The minimum Gasteiger partial charge on any atom is -0.431 e. The minimum absolute atomic E-state index is 0.0856. The Morgan fingerprint density at radius 1 is 1.00 bits per heavy atom. The molecule has 0 aliphatic carbocycles. The molecule has 0 saturated carbocycles. The summed E-state index contributed by atoms with van der Waals surface area (Å²) in [6.45, 7) is 0. The van der Waals surface area contributed by atoms with Crippen molar-refractivity contribution in [1.29, 1.82) is 0 Å². The summed E-state index contributed by atoms with van der Waals surface area (Å²) in [5.41, 5.74) is 1.84. The summed E-state index contributed by atoms with van der Waals surface area (Å²) in [5, 5.41) is 4.31. The van der Waals surface area contributed by atoms with E-state index in [1.165, 1.54) is 12.1 Å². The Hall–Kier alpha value is -1.56. The van der Waals surface area contributed by atoms with Crippen LogP contribution in [0, 0.1) is 0 Å². The summed E-state index contributed by atoms with van der Waals surface area (Å²) in [6.07, 6.45) is -3.69. The standard InChI is InChI=1S/C15H11Cl3F2N2O/c16-11-5-1-9(2-6-11)13(22-21)10-3-7-12(8-4-10)23-15(19,20)14(17)18/h1-8,14H,21H2. The molecule has 3 nitrogen and oxygen atoms in total. The number of halogens is 5. The number of hydrazone groups is 1. The van der Waals surface area contributed by atoms with Crippen LogP contribution in [0.15, 0.2) is 53.6 Å². The summed E-state index contributed by atoms with van der Waals surface area (Å²) in [5.74, 6) is 5.34. The first-order valence-electron chi connectivity index (χ1n) is 6.32. The third kappa shape index (κ3) is 4.47. The van der Waals surface area contributed by atoms with Crippen molar-refractivity contribution in [1.82, 2.24) is 0 Å². The third-order valence-corrected chi connectivity index (χ3v) is 3.64. The van der Waals surface area contributed by atoms with E-state index in [1.54, 1.807) is 36.4 Å². The Labute approximate surface area is 146 Å². The molecule has 0 atom stereocenters. The molecule has 0 bridgehead atoms. The number of nitrogens with two attached hydrogens (primary N) is 1. The van der Waals surface area contributed by atoms with E-state index in [0.717, 1.165) is 5.56 Å². The average molecular weight is 380 g/mol. The first-order valence-corrected chi connectivity index (χ1v) is 7.58. The van der Waals surface area contributed by atoms with Crippen molar-refractivity contribution in [2.75, 3.05) is 0 Å². The van der Waals surface area contributed by atoms with Gasteiger partial charge in [0, 0.05) is 16.1 Å². The molecule has 2 aromatic rings. The van der Waals surface area contributed by atoms with Gasteiger partial charge in [-0.1, -0.05) is 46.9 Å².